The highest BCUT2D eigenvalue weighted by molar-refractivity contribution is 6.20. The molecule has 3 heterocycles. The largest absolute Gasteiger partial charge is 0.465 e. The smallest absolute Gasteiger partial charge is 0.419 e. The topological polar surface area (TPSA) is 134 Å². The van der Waals surface area contributed by atoms with Crippen LogP contribution in [0.4, 0.5) is 14.0 Å². The first-order valence-electron chi connectivity index (χ1n) is 17.3. The Morgan fingerprint density at radius 3 is 2.00 bits per heavy atom. The van der Waals surface area contributed by atoms with Gasteiger partial charge < -0.3 is 14.2 Å². The molecule has 3 aromatic carbocycles. The van der Waals surface area contributed by atoms with Gasteiger partial charge in [-0.2, -0.15) is 0 Å². The maximum Gasteiger partial charge on any atom is 0.419 e. The summed E-state index contributed by atoms with van der Waals surface area (Å²) in [6.07, 6.45) is 0.113. The molecular formula is C40H42FN3O9. The third-order valence-corrected chi connectivity index (χ3v) is 9.25. The molecule has 2 aliphatic heterocycles. The number of carbonyl (C=O) groups excluding carboxylic acids is 5. The first-order chi connectivity index (χ1) is 24.8. The average molecular weight is 728 g/mol. The maximum atomic E-state index is 15.3. The van der Waals surface area contributed by atoms with Crippen LogP contribution in [0.25, 0.3) is 22.2 Å². The standard InChI is InChI=1S/C40H42FN3O9/c1-38(2,3)52-36(48)42-19-11-18-40(42,7)24-16-14-23(15-17-24)32-29(22-51-44-33(45)26-12-9-10-13-27(26)34(44)46)31-28(35(47)50-8)20-25(41)21-30(31)43(32)37(49)53-39(4,5)6/h9-10,12-17,20-21H,11,18-19,22H2,1-8H3. The SMILES string of the molecule is COC(=O)c1cc(F)cc2c1c(CON1C(=O)c3ccccc3C1=O)c(-c1ccc(C3(C)CCCN3C(=O)OC(C)(C)C)cc1)n2C(=O)OC(C)(C)C. The zero-order chi connectivity index (χ0) is 38.6. The van der Waals surface area contributed by atoms with Gasteiger partial charge in [0, 0.05) is 17.5 Å². The average Bonchev–Trinajstić information content (AvgIpc) is 3.71. The summed E-state index contributed by atoms with van der Waals surface area (Å²) in [7, 11) is 1.14. The number of hydroxylamine groups is 2. The highest BCUT2D eigenvalue weighted by Crippen LogP contribution is 2.42. The summed E-state index contributed by atoms with van der Waals surface area (Å²) < 4.78 is 33.0. The van der Waals surface area contributed by atoms with Gasteiger partial charge in [-0.3, -0.25) is 19.3 Å². The number of halogens is 1. The van der Waals surface area contributed by atoms with Crippen molar-refractivity contribution in [2.75, 3.05) is 13.7 Å². The number of amides is 3. The number of ether oxygens (including phenoxy) is 3. The van der Waals surface area contributed by atoms with E-state index in [0.717, 1.165) is 35.8 Å². The Morgan fingerprint density at radius 2 is 1.43 bits per heavy atom. The van der Waals surface area contributed by atoms with Gasteiger partial charge in [-0.25, -0.2) is 23.3 Å². The number of carbonyl (C=O) groups is 5. The van der Waals surface area contributed by atoms with Crippen LogP contribution in [0.2, 0.25) is 0 Å². The van der Waals surface area contributed by atoms with E-state index in [-0.39, 0.29) is 38.9 Å². The van der Waals surface area contributed by atoms with Gasteiger partial charge in [0.25, 0.3) is 11.8 Å². The molecule has 2 aliphatic rings. The van der Waals surface area contributed by atoms with E-state index in [1.165, 1.54) is 12.1 Å². The molecule has 6 rings (SSSR count). The molecular weight excluding hydrogens is 685 g/mol. The van der Waals surface area contributed by atoms with E-state index in [9.17, 15) is 24.0 Å². The van der Waals surface area contributed by atoms with Crippen molar-refractivity contribution >= 4 is 40.9 Å². The lowest BCUT2D eigenvalue weighted by atomic mass is 9.88. The van der Waals surface area contributed by atoms with E-state index in [4.69, 9.17) is 19.0 Å². The lowest BCUT2D eigenvalue weighted by molar-refractivity contribution is -0.100. The maximum absolute atomic E-state index is 15.3. The van der Waals surface area contributed by atoms with E-state index in [2.05, 4.69) is 0 Å². The summed E-state index contributed by atoms with van der Waals surface area (Å²) in [6, 6.07) is 15.5. The van der Waals surface area contributed by atoms with Gasteiger partial charge in [-0.1, -0.05) is 36.4 Å². The third kappa shape index (κ3) is 6.88. The molecule has 0 aliphatic carbocycles. The molecule has 0 spiro atoms. The molecule has 53 heavy (non-hydrogen) atoms. The van der Waals surface area contributed by atoms with Gasteiger partial charge in [0.1, 0.15) is 23.6 Å². The van der Waals surface area contributed by atoms with Gasteiger partial charge in [-0.15, -0.1) is 5.06 Å². The van der Waals surface area contributed by atoms with Crippen LogP contribution >= 0.6 is 0 Å². The molecule has 0 N–H and O–H groups in total. The molecule has 1 fully saturated rings. The van der Waals surface area contributed by atoms with Gasteiger partial charge in [0.2, 0.25) is 0 Å². The van der Waals surface area contributed by atoms with Crippen molar-refractivity contribution in [2.24, 2.45) is 0 Å². The molecule has 0 radical (unpaired) electrons. The van der Waals surface area contributed by atoms with Crippen LogP contribution in [-0.2, 0) is 31.2 Å². The van der Waals surface area contributed by atoms with Gasteiger partial charge >= 0.3 is 18.2 Å². The summed E-state index contributed by atoms with van der Waals surface area (Å²) in [5.41, 5.74) is -0.740. The summed E-state index contributed by atoms with van der Waals surface area (Å²) in [5.74, 6) is -3.10. The molecule has 1 atom stereocenters. The Morgan fingerprint density at radius 1 is 0.849 bits per heavy atom. The Bertz CT molecular complexity index is 2130. The van der Waals surface area contributed by atoms with E-state index < -0.39 is 59.1 Å². The molecule has 4 aromatic rings. The van der Waals surface area contributed by atoms with Crippen molar-refractivity contribution in [3.05, 3.63) is 94.3 Å². The van der Waals surface area contributed by atoms with E-state index >= 15 is 4.39 Å². The fourth-order valence-corrected chi connectivity index (χ4v) is 6.95. The first-order valence-corrected chi connectivity index (χ1v) is 17.3. The Balaban J connectivity index is 1.53. The van der Waals surface area contributed by atoms with Gasteiger partial charge in [0.05, 0.1) is 40.5 Å². The summed E-state index contributed by atoms with van der Waals surface area (Å²) >= 11 is 0. The minimum absolute atomic E-state index is 0.0291. The van der Waals surface area contributed by atoms with E-state index in [1.54, 1.807) is 49.9 Å². The lowest BCUT2D eigenvalue weighted by Gasteiger charge is -2.37. The molecule has 12 nitrogen and oxygen atoms in total. The zero-order valence-electron chi connectivity index (χ0n) is 31.0. The molecule has 0 saturated carbocycles. The number of hydrogen-bond donors (Lipinski definition) is 0. The van der Waals surface area contributed by atoms with Crippen LogP contribution in [0.5, 0.6) is 0 Å². The monoisotopic (exact) mass is 727 g/mol. The molecule has 13 heteroatoms. The van der Waals surface area contributed by atoms with Crippen molar-refractivity contribution in [3.8, 4) is 11.3 Å². The van der Waals surface area contributed by atoms with Crippen molar-refractivity contribution in [1.29, 1.82) is 0 Å². The minimum atomic E-state index is -0.980. The Hall–Kier alpha value is -5.56. The fourth-order valence-electron chi connectivity index (χ4n) is 6.95. The van der Waals surface area contributed by atoms with Crippen molar-refractivity contribution in [2.45, 2.75) is 84.7 Å². The normalized spacial score (nSPS) is 17.4. The lowest BCUT2D eigenvalue weighted by Crippen LogP contribution is -2.45. The van der Waals surface area contributed by atoms with Crippen LogP contribution < -0.4 is 0 Å². The highest BCUT2D eigenvalue weighted by Gasteiger charge is 2.43. The predicted octanol–water partition coefficient (Wildman–Crippen LogP) is 7.99. The number of rotatable bonds is 6. The second kappa shape index (κ2) is 13.4. The number of esters is 1. The minimum Gasteiger partial charge on any atom is -0.465 e. The van der Waals surface area contributed by atoms with Crippen molar-refractivity contribution < 1.29 is 47.4 Å². The third-order valence-electron chi connectivity index (χ3n) is 9.25. The molecule has 278 valence electrons. The van der Waals surface area contributed by atoms with E-state index in [1.807, 2.05) is 39.8 Å². The molecule has 1 saturated heterocycles. The second-order valence-electron chi connectivity index (χ2n) is 15.3. The molecule has 1 unspecified atom stereocenters. The van der Waals surface area contributed by atoms with Crippen LogP contribution in [0.1, 0.15) is 104 Å². The molecule has 1 aromatic heterocycles. The van der Waals surface area contributed by atoms with Crippen LogP contribution in [0.15, 0.2) is 60.7 Å². The van der Waals surface area contributed by atoms with Crippen molar-refractivity contribution in [1.82, 2.24) is 14.5 Å². The molecule has 0 bridgehead atoms. The summed E-state index contributed by atoms with van der Waals surface area (Å²) in [6.45, 7) is 12.4. The quantitative estimate of drug-likeness (QED) is 0.110. The first kappa shape index (κ1) is 37.2. The fraction of sp³-hybridized carbons (Fsp3) is 0.375. The molecule has 3 amide bonds. The number of aromatic nitrogens is 1. The number of imide groups is 1. The van der Waals surface area contributed by atoms with Crippen LogP contribution in [-0.4, -0.2) is 69.4 Å². The number of likely N-dealkylation sites (tertiary alicyclic amines) is 1. The number of methoxy groups -OCH3 is 1. The number of benzene rings is 3. The van der Waals surface area contributed by atoms with Crippen molar-refractivity contribution in [3.63, 3.8) is 0 Å². The van der Waals surface area contributed by atoms with Gasteiger partial charge in [0.15, 0.2) is 0 Å². The summed E-state index contributed by atoms with van der Waals surface area (Å²) in [5, 5.41) is 0.723. The highest BCUT2D eigenvalue weighted by atomic mass is 19.1. The predicted molar refractivity (Wildman–Crippen MR) is 192 cm³/mol. The number of hydrogen-bond acceptors (Lipinski definition) is 9. The second-order valence-corrected chi connectivity index (χ2v) is 15.3. The summed E-state index contributed by atoms with van der Waals surface area (Å²) in [4.78, 5) is 74.7. The van der Waals surface area contributed by atoms with Gasteiger partial charge in [-0.05, 0) is 96.7 Å². The number of nitrogens with zero attached hydrogens (tertiary/aromatic N) is 3. The number of fused-ring (bicyclic) bond motifs is 2. The van der Waals surface area contributed by atoms with Crippen LogP contribution in [0.3, 0.4) is 0 Å². The Kier molecular flexibility index (Phi) is 9.44. The Labute approximate surface area is 306 Å². The zero-order valence-corrected chi connectivity index (χ0v) is 31.0. The van der Waals surface area contributed by atoms with Crippen LogP contribution in [0, 0.1) is 5.82 Å². The van der Waals surface area contributed by atoms with E-state index in [0.29, 0.717) is 23.6 Å².